The molecule has 3 unspecified atom stereocenters. The smallest absolute Gasteiger partial charge is 0.211 e. The predicted octanol–water partition coefficient (Wildman–Crippen LogP) is 2.90. The van der Waals surface area contributed by atoms with Gasteiger partial charge in [-0.3, -0.25) is 4.90 Å². The number of benzene rings is 1. The van der Waals surface area contributed by atoms with Gasteiger partial charge in [-0.25, -0.2) is 9.97 Å². The van der Waals surface area contributed by atoms with E-state index in [1.165, 1.54) is 11.3 Å². The molecule has 2 saturated heterocycles. The lowest BCUT2D eigenvalue weighted by Crippen LogP contribution is -2.51. The molecule has 3 aliphatic rings. The molecule has 3 aliphatic heterocycles. The Hall–Kier alpha value is -3.41. The molecule has 1 aromatic carbocycles. The fourth-order valence-corrected chi connectivity index (χ4v) is 5.91. The van der Waals surface area contributed by atoms with Gasteiger partial charge in [0.05, 0.1) is 22.8 Å². The van der Waals surface area contributed by atoms with E-state index in [9.17, 15) is 10.4 Å². The third-order valence-electron chi connectivity index (χ3n) is 7.59. The summed E-state index contributed by atoms with van der Waals surface area (Å²) in [5, 5.41) is 20.3. The Morgan fingerprint density at radius 1 is 1.06 bits per heavy atom. The van der Waals surface area contributed by atoms with Gasteiger partial charge in [0.2, 0.25) is 5.88 Å². The molecule has 0 saturated carbocycles. The van der Waals surface area contributed by atoms with Crippen LogP contribution < -0.4 is 15.5 Å². The van der Waals surface area contributed by atoms with Gasteiger partial charge in [0, 0.05) is 61.9 Å². The van der Waals surface area contributed by atoms with E-state index in [0.717, 1.165) is 62.5 Å². The fourth-order valence-electron chi connectivity index (χ4n) is 5.91. The molecule has 8 heteroatoms. The van der Waals surface area contributed by atoms with Crippen LogP contribution in [-0.4, -0.2) is 58.2 Å². The number of hydrogen-bond donors (Lipinski definition) is 2. The van der Waals surface area contributed by atoms with Gasteiger partial charge in [-0.15, -0.1) is 0 Å². The monoisotopic (exact) mass is 455 g/mol. The molecule has 3 N–H and O–H groups in total. The van der Waals surface area contributed by atoms with E-state index in [4.69, 9.17) is 10.7 Å². The highest BCUT2D eigenvalue weighted by Crippen LogP contribution is 2.41. The summed E-state index contributed by atoms with van der Waals surface area (Å²) in [4.78, 5) is 16.6. The average molecular weight is 456 g/mol. The Balaban J connectivity index is 1.33. The summed E-state index contributed by atoms with van der Waals surface area (Å²) in [6, 6.07) is 14.7. The Bertz CT molecular complexity index is 1300. The van der Waals surface area contributed by atoms with Crippen LogP contribution >= 0.6 is 0 Å². The summed E-state index contributed by atoms with van der Waals surface area (Å²) < 4.78 is 0. The molecule has 2 aromatic heterocycles. The fraction of sp³-hybridized carbons (Fsp3) is 0.423. The van der Waals surface area contributed by atoms with Gasteiger partial charge in [-0.2, -0.15) is 5.26 Å². The second kappa shape index (κ2) is 8.12. The van der Waals surface area contributed by atoms with Gasteiger partial charge in [0.25, 0.3) is 0 Å². The SMILES string of the molecule is CC1CN(c2ccc(C#N)c3nc(O)ccc23)CC2c3ccc(N4CCCC(N)C4)nc3CN12. The lowest BCUT2D eigenvalue weighted by Gasteiger charge is -2.43. The van der Waals surface area contributed by atoms with E-state index in [0.29, 0.717) is 17.1 Å². The summed E-state index contributed by atoms with van der Waals surface area (Å²) >= 11 is 0. The van der Waals surface area contributed by atoms with Crippen LogP contribution in [0.1, 0.15) is 42.6 Å². The van der Waals surface area contributed by atoms with E-state index >= 15 is 0 Å². The second-order valence-corrected chi connectivity index (χ2v) is 9.81. The largest absolute Gasteiger partial charge is 0.493 e. The van der Waals surface area contributed by atoms with Gasteiger partial charge in [-0.1, -0.05) is 6.07 Å². The van der Waals surface area contributed by atoms with Crippen molar-refractivity contribution >= 4 is 22.4 Å². The number of fused-ring (bicyclic) bond motifs is 4. The molecule has 5 heterocycles. The van der Waals surface area contributed by atoms with Crippen molar-refractivity contribution in [1.29, 1.82) is 5.26 Å². The number of aromatic nitrogens is 2. The van der Waals surface area contributed by atoms with E-state index in [1.54, 1.807) is 12.1 Å². The Labute approximate surface area is 199 Å². The normalized spacial score (nSPS) is 24.7. The number of anilines is 2. The molecule has 174 valence electrons. The molecule has 6 rings (SSSR count). The highest BCUT2D eigenvalue weighted by Gasteiger charge is 2.40. The van der Waals surface area contributed by atoms with Crippen LogP contribution in [0.2, 0.25) is 0 Å². The minimum absolute atomic E-state index is 0.0689. The molecule has 0 aliphatic carbocycles. The summed E-state index contributed by atoms with van der Waals surface area (Å²) in [5.74, 6) is 0.975. The summed E-state index contributed by atoms with van der Waals surface area (Å²) in [7, 11) is 0. The van der Waals surface area contributed by atoms with Crippen LogP contribution in [0, 0.1) is 11.3 Å². The molecule has 8 nitrogen and oxygen atoms in total. The summed E-state index contributed by atoms with van der Waals surface area (Å²) in [6.45, 7) is 6.75. The van der Waals surface area contributed by atoms with Crippen LogP contribution in [0.5, 0.6) is 5.88 Å². The molecular weight excluding hydrogens is 426 g/mol. The highest BCUT2D eigenvalue weighted by molar-refractivity contribution is 5.95. The maximum Gasteiger partial charge on any atom is 0.211 e. The molecule has 0 spiro atoms. The van der Waals surface area contributed by atoms with Gasteiger partial charge < -0.3 is 20.6 Å². The van der Waals surface area contributed by atoms with E-state index in [1.807, 2.05) is 12.1 Å². The van der Waals surface area contributed by atoms with Crippen LogP contribution in [-0.2, 0) is 6.54 Å². The van der Waals surface area contributed by atoms with E-state index in [2.05, 4.69) is 44.8 Å². The van der Waals surface area contributed by atoms with Crippen molar-refractivity contribution in [3.8, 4) is 11.9 Å². The molecule has 0 radical (unpaired) electrons. The number of nitrogens with zero attached hydrogens (tertiary/aromatic N) is 6. The molecular formula is C26H29N7O. The Morgan fingerprint density at radius 2 is 1.94 bits per heavy atom. The number of aromatic hydroxyl groups is 1. The molecule has 2 fully saturated rings. The highest BCUT2D eigenvalue weighted by atomic mass is 16.3. The number of nitriles is 1. The molecule has 3 aromatic rings. The number of rotatable bonds is 2. The number of pyridine rings is 2. The third-order valence-corrected chi connectivity index (χ3v) is 7.59. The summed E-state index contributed by atoms with van der Waals surface area (Å²) in [5.41, 5.74) is 10.8. The first-order valence-corrected chi connectivity index (χ1v) is 12.1. The zero-order valence-corrected chi connectivity index (χ0v) is 19.4. The van der Waals surface area contributed by atoms with E-state index < -0.39 is 0 Å². The standard InChI is InChI=1S/C26H29N7O/c1-16-12-32(22-7-4-17(11-27)26-20(22)6-9-25(34)30-26)15-23-19-5-8-24(29-21(19)14-33(16)23)31-10-2-3-18(28)13-31/h4-9,16,18,23H,2-3,10,12-15,28H2,1H3,(H,30,34). The lowest BCUT2D eigenvalue weighted by molar-refractivity contribution is 0.133. The predicted molar refractivity (Wildman–Crippen MR) is 132 cm³/mol. The lowest BCUT2D eigenvalue weighted by atomic mass is 10.0. The number of hydrogen-bond acceptors (Lipinski definition) is 8. The van der Waals surface area contributed by atoms with Crippen LogP contribution in [0.4, 0.5) is 11.5 Å². The maximum atomic E-state index is 9.90. The first-order chi connectivity index (χ1) is 16.5. The molecule has 34 heavy (non-hydrogen) atoms. The van der Waals surface area contributed by atoms with Crippen molar-refractivity contribution in [2.75, 3.05) is 36.0 Å². The summed E-state index contributed by atoms with van der Waals surface area (Å²) in [6.07, 6.45) is 2.20. The van der Waals surface area contributed by atoms with Crippen molar-refractivity contribution in [3.05, 3.63) is 53.2 Å². The Morgan fingerprint density at radius 3 is 2.76 bits per heavy atom. The van der Waals surface area contributed by atoms with Crippen LogP contribution in [0.15, 0.2) is 36.4 Å². The Kier molecular flexibility index (Phi) is 5.05. The van der Waals surface area contributed by atoms with Crippen LogP contribution in [0.25, 0.3) is 10.9 Å². The first-order valence-electron chi connectivity index (χ1n) is 12.1. The molecule has 3 atom stereocenters. The van der Waals surface area contributed by atoms with Crippen molar-refractivity contribution in [2.45, 2.75) is 44.4 Å². The van der Waals surface area contributed by atoms with Crippen molar-refractivity contribution in [3.63, 3.8) is 0 Å². The zero-order chi connectivity index (χ0) is 23.4. The molecule has 0 bridgehead atoms. The van der Waals surface area contributed by atoms with Crippen LogP contribution in [0.3, 0.4) is 0 Å². The van der Waals surface area contributed by atoms with Gasteiger partial charge in [-0.05, 0) is 49.6 Å². The quantitative estimate of drug-likeness (QED) is 0.608. The minimum atomic E-state index is -0.0689. The van der Waals surface area contributed by atoms with E-state index in [-0.39, 0.29) is 18.0 Å². The first kappa shape index (κ1) is 21.1. The van der Waals surface area contributed by atoms with Crippen molar-refractivity contribution < 1.29 is 5.11 Å². The van der Waals surface area contributed by atoms with Gasteiger partial charge in [0.1, 0.15) is 11.9 Å². The van der Waals surface area contributed by atoms with Crippen molar-refractivity contribution in [1.82, 2.24) is 14.9 Å². The average Bonchev–Trinajstić information content (AvgIpc) is 3.22. The number of nitrogens with two attached hydrogens (primary N) is 1. The topological polar surface area (TPSA) is 106 Å². The minimum Gasteiger partial charge on any atom is -0.493 e. The number of piperidine rings is 1. The molecule has 0 amide bonds. The zero-order valence-electron chi connectivity index (χ0n) is 19.4. The van der Waals surface area contributed by atoms with Gasteiger partial charge in [0.15, 0.2) is 0 Å². The third kappa shape index (κ3) is 3.44. The van der Waals surface area contributed by atoms with Crippen molar-refractivity contribution in [2.24, 2.45) is 5.73 Å². The maximum absolute atomic E-state index is 9.90. The number of piperazine rings is 1. The van der Waals surface area contributed by atoms with Gasteiger partial charge >= 0.3 is 0 Å². The second-order valence-electron chi connectivity index (χ2n) is 9.81.